The second-order valence-electron chi connectivity index (χ2n) is 10.6. The third-order valence-corrected chi connectivity index (χ3v) is 7.80. The molecule has 7 heteroatoms. The first-order chi connectivity index (χ1) is 17.6. The van der Waals surface area contributed by atoms with Crippen molar-refractivity contribution >= 4 is 29.1 Å². The first-order valence-electron chi connectivity index (χ1n) is 12.5. The highest BCUT2D eigenvalue weighted by Gasteiger charge is 2.42. The molecule has 2 N–H and O–H groups in total. The molecule has 192 valence electrons. The van der Waals surface area contributed by atoms with Gasteiger partial charge in [0.15, 0.2) is 5.78 Å². The zero-order valence-corrected chi connectivity index (χ0v) is 22.8. The average molecular weight is 516 g/mol. The van der Waals surface area contributed by atoms with Crippen LogP contribution in [0.2, 0.25) is 0 Å². The maximum atomic E-state index is 13.3. The predicted octanol–water partition coefficient (Wildman–Crippen LogP) is 6.26. The van der Waals surface area contributed by atoms with Gasteiger partial charge in [-0.1, -0.05) is 63.7 Å². The summed E-state index contributed by atoms with van der Waals surface area (Å²) in [5.41, 5.74) is 4.56. The Hall–Kier alpha value is -3.50. The number of carbonyl (C=O) groups excluding carboxylic acids is 2. The Bertz CT molecular complexity index is 1300. The fourth-order valence-corrected chi connectivity index (χ4v) is 5.77. The molecule has 1 amide bonds. The van der Waals surface area contributed by atoms with Gasteiger partial charge >= 0.3 is 0 Å². The minimum absolute atomic E-state index is 0.0546. The molecule has 2 aliphatic rings. The third kappa shape index (κ3) is 5.91. The topological polar surface area (TPSA) is 91.2 Å². The summed E-state index contributed by atoms with van der Waals surface area (Å²) >= 11 is 1.29. The lowest BCUT2D eigenvalue weighted by molar-refractivity contribution is -0.118. The standard InChI is InChI=1S/C30H33N3O3S/c1-18(2)19-6-10-21(11-7-19)32-26(35)17-37-29-23(16-31)27(20-8-12-22(36-5)13-9-20)28-24(33-29)14-30(3,4)15-25(28)34/h6-13,18,27,33H,14-15,17H2,1-5H3,(H,32,35). The van der Waals surface area contributed by atoms with Crippen LogP contribution in [-0.2, 0) is 9.59 Å². The number of allylic oxidation sites excluding steroid dienone is 3. The number of nitriles is 1. The molecule has 0 aromatic heterocycles. The largest absolute Gasteiger partial charge is 0.497 e. The highest BCUT2D eigenvalue weighted by molar-refractivity contribution is 8.03. The number of benzene rings is 2. The number of dihydropyridines is 1. The van der Waals surface area contributed by atoms with Crippen molar-refractivity contribution in [2.45, 2.75) is 52.4 Å². The smallest absolute Gasteiger partial charge is 0.234 e. The van der Waals surface area contributed by atoms with Gasteiger partial charge in [-0.3, -0.25) is 9.59 Å². The molecule has 37 heavy (non-hydrogen) atoms. The summed E-state index contributed by atoms with van der Waals surface area (Å²) in [6.07, 6.45) is 1.12. The number of rotatable bonds is 7. The molecule has 0 bridgehead atoms. The van der Waals surface area contributed by atoms with Gasteiger partial charge in [-0.25, -0.2) is 0 Å². The van der Waals surface area contributed by atoms with Gasteiger partial charge in [0.05, 0.1) is 35.5 Å². The quantitative estimate of drug-likeness (QED) is 0.453. The van der Waals surface area contributed by atoms with Gasteiger partial charge in [0.25, 0.3) is 0 Å². The highest BCUT2D eigenvalue weighted by atomic mass is 32.2. The monoisotopic (exact) mass is 515 g/mol. The molecule has 1 atom stereocenters. The van der Waals surface area contributed by atoms with E-state index in [1.54, 1.807) is 7.11 Å². The van der Waals surface area contributed by atoms with E-state index in [4.69, 9.17) is 4.74 Å². The second kappa shape index (κ2) is 10.9. The number of hydrogen-bond acceptors (Lipinski definition) is 6. The number of nitrogens with one attached hydrogen (secondary N) is 2. The predicted molar refractivity (Wildman–Crippen MR) is 148 cm³/mol. The highest BCUT2D eigenvalue weighted by Crippen LogP contribution is 2.48. The molecule has 4 rings (SSSR count). The Labute approximate surface area is 223 Å². The zero-order valence-electron chi connectivity index (χ0n) is 22.0. The number of ether oxygens (including phenoxy) is 1. The summed E-state index contributed by atoms with van der Waals surface area (Å²) in [5.74, 6) is 0.676. The minimum atomic E-state index is -0.482. The lowest BCUT2D eigenvalue weighted by atomic mass is 9.69. The van der Waals surface area contributed by atoms with Crippen molar-refractivity contribution in [3.63, 3.8) is 0 Å². The van der Waals surface area contributed by atoms with Crippen LogP contribution in [0.4, 0.5) is 5.69 Å². The van der Waals surface area contributed by atoms with Crippen molar-refractivity contribution in [1.82, 2.24) is 5.32 Å². The molecule has 2 aromatic rings. The van der Waals surface area contributed by atoms with Gasteiger partial charge < -0.3 is 15.4 Å². The van der Waals surface area contributed by atoms with Crippen LogP contribution in [0.3, 0.4) is 0 Å². The number of amides is 1. The van der Waals surface area contributed by atoms with Crippen LogP contribution in [0.5, 0.6) is 5.75 Å². The van der Waals surface area contributed by atoms with Crippen molar-refractivity contribution in [3.05, 3.63) is 81.5 Å². The Morgan fingerprint density at radius 1 is 1.16 bits per heavy atom. The van der Waals surface area contributed by atoms with E-state index >= 15 is 0 Å². The van der Waals surface area contributed by atoms with Crippen molar-refractivity contribution in [1.29, 1.82) is 5.26 Å². The number of carbonyl (C=O) groups is 2. The second-order valence-corrected chi connectivity index (χ2v) is 11.6. The fraction of sp³-hybridized carbons (Fsp3) is 0.367. The molecule has 1 heterocycles. The van der Waals surface area contributed by atoms with E-state index in [1.807, 2.05) is 48.5 Å². The minimum Gasteiger partial charge on any atom is -0.497 e. The first-order valence-corrected chi connectivity index (χ1v) is 13.4. The number of methoxy groups -OCH3 is 1. The van der Waals surface area contributed by atoms with Crippen molar-refractivity contribution in [3.8, 4) is 11.8 Å². The van der Waals surface area contributed by atoms with Crippen LogP contribution in [0.15, 0.2) is 70.4 Å². The molecule has 1 aliphatic carbocycles. The molecule has 1 unspecified atom stereocenters. The van der Waals surface area contributed by atoms with Gasteiger partial charge in [0.1, 0.15) is 5.75 Å². The van der Waals surface area contributed by atoms with E-state index in [0.717, 1.165) is 16.9 Å². The van der Waals surface area contributed by atoms with Crippen molar-refractivity contribution in [2.75, 3.05) is 18.2 Å². The molecule has 0 fully saturated rings. The summed E-state index contributed by atoms with van der Waals surface area (Å²) < 4.78 is 5.30. The van der Waals surface area contributed by atoms with E-state index in [2.05, 4.69) is 44.4 Å². The summed E-state index contributed by atoms with van der Waals surface area (Å²) in [6.45, 7) is 8.41. The Morgan fingerprint density at radius 3 is 2.43 bits per heavy atom. The lowest BCUT2D eigenvalue weighted by Gasteiger charge is -2.39. The van der Waals surface area contributed by atoms with E-state index < -0.39 is 5.92 Å². The van der Waals surface area contributed by atoms with E-state index in [0.29, 0.717) is 40.7 Å². The Morgan fingerprint density at radius 2 is 1.84 bits per heavy atom. The van der Waals surface area contributed by atoms with E-state index in [1.165, 1.54) is 17.3 Å². The number of hydrogen-bond donors (Lipinski definition) is 2. The number of thioether (sulfide) groups is 1. The normalized spacial score (nSPS) is 18.7. The average Bonchev–Trinajstić information content (AvgIpc) is 2.86. The number of Topliss-reactive ketones (excluding diaryl/α,β-unsaturated/α-hetero) is 1. The van der Waals surface area contributed by atoms with Crippen LogP contribution >= 0.6 is 11.8 Å². The maximum absolute atomic E-state index is 13.3. The van der Waals surface area contributed by atoms with Crippen molar-refractivity contribution in [2.24, 2.45) is 5.41 Å². The summed E-state index contributed by atoms with van der Waals surface area (Å²) in [4.78, 5) is 26.1. The molecule has 0 radical (unpaired) electrons. The van der Waals surface area contributed by atoms with Crippen molar-refractivity contribution < 1.29 is 14.3 Å². The van der Waals surface area contributed by atoms with Gasteiger partial charge in [-0.2, -0.15) is 5.26 Å². The number of nitrogens with zero attached hydrogens (tertiary/aromatic N) is 1. The van der Waals surface area contributed by atoms with Crippen LogP contribution in [-0.4, -0.2) is 24.6 Å². The lowest BCUT2D eigenvalue weighted by Crippen LogP contribution is -2.37. The van der Waals surface area contributed by atoms with E-state index in [-0.39, 0.29) is 22.9 Å². The van der Waals surface area contributed by atoms with Gasteiger partial charge in [-0.05, 0) is 53.1 Å². The van der Waals surface area contributed by atoms with E-state index in [9.17, 15) is 14.9 Å². The molecule has 2 aromatic carbocycles. The molecular formula is C30H33N3O3S. The first kappa shape index (κ1) is 26.6. The molecule has 1 aliphatic heterocycles. The molecule has 6 nitrogen and oxygen atoms in total. The summed E-state index contributed by atoms with van der Waals surface area (Å²) in [7, 11) is 1.60. The van der Waals surface area contributed by atoms with Gasteiger partial charge in [0, 0.05) is 23.4 Å². The Balaban J connectivity index is 1.60. The van der Waals surface area contributed by atoms with Gasteiger partial charge in [0.2, 0.25) is 5.91 Å². The van der Waals surface area contributed by atoms with Crippen LogP contribution in [0.25, 0.3) is 0 Å². The Kier molecular flexibility index (Phi) is 7.79. The fourth-order valence-electron chi connectivity index (χ4n) is 4.91. The third-order valence-electron chi connectivity index (χ3n) is 6.78. The molecule has 0 spiro atoms. The zero-order chi connectivity index (χ0) is 26.7. The summed E-state index contributed by atoms with van der Waals surface area (Å²) in [5, 5.41) is 17.2. The maximum Gasteiger partial charge on any atom is 0.234 e. The van der Waals surface area contributed by atoms with Crippen LogP contribution < -0.4 is 15.4 Å². The SMILES string of the molecule is COc1ccc(C2C(C#N)=C(SCC(=O)Nc3ccc(C(C)C)cc3)NC3=C2C(=O)CC(C)(C)C3)cc1. The van der Waals surface area contributed by atoms with Crippen LogP contribution in [0.1, 0.15) is 63.5 Å². The van der Waals surface area contributed by atoms with Crippen LogP contribution in [0, 0.1) is 16.7 Å². The number of ketones is 1. The molecule has 0 saturated heterocycles. The van der Waals surface area contributed by atoms with Gasteiger partial charge in [-0.15, -0.1) is 0 Å². The molecule has 0 saturated carbocycles. The molecular weight excluding hydrogens is 482 g/mol. The summed E-state index contributed by atoms with van der Waals surface area (Å²) in [6, 6.07) is 17.7. The number of anilines is 1.